The van der Waals surface area contributed by atoms with Gasteiger partial charge in [-0.05, 0) is 126 Å². The molecule has 2 fully saturated rings. The van der Waals surface area contributed by atoms with Crippen LogP contribution in [0.1, 0.15) is 120 Å². The van der Waals surface area contributed by atoms with Crippen LogP contribution in [0.5, 0.6) is 23.0 Å². The summed E-state index contributed by atoms with van der Waals surface area (Å²) in [6.07, 6.45) is 12.2. The zero-order valence-electron chi connectivity index (χ0n) is 48.4. The van der Waals surface area contributed by atoms with Gasteiger partial charge in [-0.15, -0.1) is 0 Å². The third-order valence-electron chi connectivity index (χ3n) is 13.0. The molecule has 4 aromatic rings. The second-order valence-corrected chi connectivity index (χ2v) is 20.4. The number of fused-ring (bicyclic) bond motifs is 2. The summed E-state index contributed by atoms with van der Waals surface area (Å²) >= 11 is 0. The van der Waals surface area contributed by atoms with E-state index in [2.05, 4.69) is 15.3 Å². The highest BCUT2D eigenvalue weighted by Crippen LogP contribution is 2.37. The van der Waals surface area contributed by atoms with Gasteiger partial charge in [0, 0.05) is 43.3 Å². The molecule has 0 saturated carbocycles. The summed E-state index contributed by atoms with van der Waals surface area (Å²) in [4.78, 5) is 54.4. The standard InChI is InChI=1S/C31H37N3O9.C31H37NO8/c1-20(33-34-32)11-9-15-24(41-30(37)21-12-7-6-8-13-21)28-25(42-31(2,3)43-28)16-10-14-22-17-23(39-5)18-26(40-19-38-4)27(22)29(35)36;1-20-11-9-15-24(38-30(34)21-12-7-6-8-13-21)28-25(39-31(2,3)40-28)16-10-14-22-17-23(36-5)18-26(37-19-35-4)27(22)29(33)32-20/h6-10,12-15,17-18,20,24-25,28H,11,16,19H2,1-5H3,(H,35,36);6-10,12-15,17-18,20,24-25,28H,11,16,19H2,1-5H3,(H,32,33)/b2*14-10+,15-9-/t20-,24?,25-,28+;20-,24?,25?,28+/m00/s1. The summed E-state index contributed by atoms with van der Waals surface area (Å²) in [6, 6.07) is 23.4. The highest BCUT2D eigenvalue weighted by molar-refractivity contribution is 6.01. The number of carboxylic acids is 1. The number of carbonyl (C=O) groups is 4. The summed E-state index contributed by atoms with van der Waals surface area (Å²) in [7, 11) is 5.97. The molecule has 0 bridgehead atoms. The molecule has 21 nitrogen and oxygen atoms in total. The van der Waals surface area contributed by atoms with Crippen molar-refractivity contribution in [2.45, 2.75) is 128 Å². The van der Waals surface area contributed by atoms with Crippen molar-refractivity contribution < 1.29 is 81.1 Å². The van der Waals surface area contributed by atoms with Crippen LogP contribution >= 0.6 is 0 Å². The quantitative estimate of drug-likeness (QED) is 0.0196. The van der Waals surface area contributed by atoms with Crippen LogP contribution in [0.2, 0.25) is 0 Å². The van der Waals surface area contributed by atoms with E-state index in [9.17, 15) is 24.3 Å². The summed E-state index contributed by atoms with van der Waals surface area (Å²) in [5.41, 5.74) is 10.8. The molecule has 3 heterocycles. The summed E-state index contributed by atoms with van der Waals surface area (Å²) in [6.45, 7) is 10.7. The molecule has 4 aromatic carbocycles. The molecule has 7 rings (SSSR count). The predicted octanol–water partition coefficient (Wildman–Crippen LogP) is 11.1. The summed E-state index contributed by atoms with van der Waals surface area (Å²) < 4.78 is 68.8. The Morgan fingerprint density at radius 1 is 0.807 bits per heavy atom. The SMILES string of the molecule is COCOc1cc(OC)cc(/C=C/C[C@@H]2OC(C)(C)O[C@@H]2C(/C=C\C[C@H](C)N=[N+]=[N-])OC(=O)c2ccccc2)c1C(=O)O.COCOc1cc(OC)cc2c1C(=O)N[C@@H](C)C/C=C\C(OC(=O)c1ccccc1)[C@H]1OC(C)(C)OC1C/C=C/2. The van der Waals surface area contributed by atoms with E-state index in [1.807, 2.05) is 51.1 Å². The molecule has 2 saturated heterocycles. The van der Waals surface area contributed by atoms with Gasteiger partial charge in [0.2, 0.25) is 0 Å². The number of aromatic carboxylic acids is 1. The molecule has 0 spiro atoms. The molecule has 0 aliphatic carbocycles. The number of esters is 2. The summed E-state index contributed by atoms with van der Waals surface area (Å²) in [5, 5.41) is 16.6. The minimum atomic E-state index is -1.18. The molecular weight excluding hydrogens is 1070 g/mol. The van der Waals surface area contributed by atoms with Gasteiger partial charge in [0.05, 0.1) is 43.1 Å². The maximum Gasteiger partial charge on any atom is 0.340 e. The van der Waals surface area contributed by atoms with Crippen molar-refractivity contribution in [2.75, 3.05) is 42.0 Å². The number of ether oxygens (including phenoxy) is 12. The number of hydrogen-bond acceptors (Lipinski definition) is 17. The highest BCUT2D eigenvalue weighted by Gasteiger charge is 2.47. The zero-order valence-corrected chi connectivity index (χ0v) is 48.4. The van der Waals surface area contributed by atoms with Crippen molar-refractivity contribution in [1.29, 1.82) is 0 Å². The van der Waals surface area contributed by atoms with Crippen LogP contribution in [0.25, 0.3) is 22.6 Å². The molecule has 2 N–H and O–H groups in total. The van der Waals surface area contributed by atoms with Gasteiger partial charge < -0.3 is 67.3 Å². The zero-order chi connectivity index (χ0) is 60.1. The van der Waals surface area contributed by atoms with Crippen LogP contribution in [-0.2, 0) is 37.9 Å². The van der Waals surface area contributed by atoms with Gasteiger partial charge in [-0.25, -0.2) is 14.4 Å². The van der Waals surface area contributed by atoms with E-state index < -0.39 is 66.1 Å². The molecule has 83 heavy (non-hydrogen) atoms. The van der Waals surface area contributed by atoms with E-state index in [4.69, 9.17) is 62.4 Å². The molecule has 1 amide bonds. The fraction of sp³-hybridized carbons (Fsp3) is 0.419. The van der Waals surface area contributed by atoms with Gasteiger partial charge in [-0.2, -0.15) is 0 Å². The predicted molar refractivity (Wildman–Crippen MR) is 307 cm³/mol. The number of nitrogens with one attached hydrogen (secondary N) is 1. The van der Waals surface area contributed by atoms with Gasteiger partial charge in [-0.1, -0.05) is 84.9 Å². The van der Waals surface area contributed by atoms with Crippen LogP contribution in [-0.4, -0.2) is 131 Å². The second kappa shape index (κ2) is 30.9. The molecule has 444 valence electrons. The lowest BCUT2D eigenvalue weighted by Gasteiger charge is -2.25. The Morgan fingerprint density at radius 3 is 2.07 bits per heavy atom. The number of hydrogen-bond donors (Lipinski definition) is 2. The van der Waals surface area contributed by atoms with Gasteiger partial charge in [0.25, 0.3) is 5.91 Å². The van der Waals surface area contributed by atoms with Crippen molar-refractivity contribution in [1.82, 2.24) is 5.32 Å². The monoisotopic (exact) mass is 1150 g/mol. The third-order valence-corrected chi connectivity index (χ3v) is 13.0. The van der Waals surface area contributed by atoms with Crippen molar-refractivity contribution in [2.24, 2.45) is 5.11 Å². The Morgan fingerprint density at radius 2 is 1.43 bits per heavy atom. The van der Waals surface area contributed by atoms with Crippen LogP contribution in [0, 0.1) is 0 Å². The van der Waals surface area contributed by atoms with E-state index in [0.29, 0.717) is 70.7 Å². The fourth-order valence-electron chi connectivity index (χ4n) is 9.25. The van der Waals surface area contributed by atoms with E-state index in [0.717, 1.165) is 0 Å². The number of azide groups is 1. The van der Waals surface area contributed by atoms with Gasteiger partial charge in [0.1, 0.15) is 53.0 Å². The number of carbonyl (C=O) groups excluding carboxylic acids is 3. The van der Waals surface area contributed by atoms with Crippen molar-refractivity contribution >= 4 is 36.0 Å². The van der Waals surface area contributed by atoms with E-state index in [-0.39, 0.29) is 42.9 Å². The first kappa shape index (κ1) is 64.2. The smallest absolute Gasteiger partial charge is 0.340 e. The maximum atomic E-state index is 13.5. The molecule has 8 atom stereocenters. The van der Waals surface area contributed by atoms with Crippen LogP contribution in [0.15, 0.2) is 126 Å². The Bertz CT molecular complexity index is 2990. The molecule has 21 heteroatoms. The number of benzene rings is 4. The van der Waals surface area contributed by atoms with Crippen molar-refractivity contribution in [3.63, 3.8) is 0 Å². The van der Waals surface area contributed by atoms with Gasteiger partial charge in [0.15, 0.2) is 25.2 Å². The average Bonchev–Trinajstić information content (AvgIpc) is 3.93. The van der Waals surface area contributed by atoms with Crippen LogP contribution < -0.4 is 24.3 Å². The van der Waals surface area contributed by atoms with Gasteiger partial charge in [-0.3, -0.25) is 4.79 Å². The van der Waals surface area contributed by atoms with E-state index in [1.165, 1.54) is 27.4 Å². The first-order valence-corrected chi connectivity index (χ1v) is 26.9. The van der Waals surface area contributed by atoms with E-state index in [1.54, 1.807) is 125 Å². The number of amides is 1. The van der Waals surface area contributed by atoms with Crippen LogP contribution in [0.4, 0.5) is 0 Å². The first-order chi connectivity index (χ1) is 39.8. The lowest BCUT2D eigenvalue weighted by molar-refractivity contribution is -0.153. The third kappa shape index (κ3) is 18.8. The lowest BCUT2D eigenvalue weighted by Crippen LogP contribution is -2.38. The number of nitrogens with zero attached hydrogens (tertiary/aromatic N) is 3. The molecule has 3 unspecified atom stereocenters. The van der Waals surface area contributed by atoms with Crippen LogP contribution in [0.3, 0.4) is 0 Å². The highest BCUT2D eigenvalue weighted by atomic mass is 16.8. The Labute approximate surface area is 483 Å². The molecule has 3 aliphatic heterocycles. The Hall–Kier alpha value is -8.01. The van der Waals surface area contributed by atoms with Crippen molar-refractivity contribution in [3.05, 3.63) is 165 Å². The van der Waals surface area contributed by atoms with Crippen molar-refractivity contribution in [3.8, 4) is 23.0 Å². The fourth-order valence-corrected chi connectivity index (χ4v) is 9.25. The maximum absolute atomic E-state index is 13.5. The van der Waals surface area contributed by atoms with Gasteiger partial charge >= 0.3 is 17.9 Å². The number of methoxy groups -OCH3 is 4. The average molecular weight is 1150 g/mol. The minimum absolute atomic E-state index is 0.0258. The normalized spacial score (nSPS) is 22.4. The minimum Gasteiger partial charge on any atom is -0.497 e. The lowest BCUT2D eigenvalue weighted by atomic mass is 10.00. The Kier molecular flexibility index (Phi) is 23.9. The molecule has 0 radical (unpaired) electrons. The largest absolute Gasteiger partial charge is 0.497 e. The summed E-state index contributed by atoms with van der Waals surface area (Å²) in [5.74, 6) is -2.95. The number of rotatable bonds is 21. The first-order valence-electron chi connectivity index (χ1n) is 26.9. The molecule has 0 aromatic heterocycles. The second-order valence-electron chi connectivity index (χ2n) is 20.4. The Balaban J connectivity index is 0.000000267. The van der Waals surface area contributed by atoms with E-state index >= 15 is 0 Å². The number of carboxylic acid groups (broad SMARTS) is 1. The topological polar surface area (TPSA) is 260 Å². The molecular formula is C62H74N4O17. The molecule has 3 aliphatic rings.